The van der Waals surface area contributed by atoms with E-state index < -0.39 is 0 Å². The lowest BCUT2D eigenvalue weighted by atomic mass is 10.1. The first-order valence-electron chi connectivity index (χ1n) is 6.95. The Kier molecular flexibility index (Phi) is 4.80. The summed E-state index contributed by atoms with van der Waals surface area (Å²) in [4.78, 5) is 27.7. The van der Waals surface area contributed by atoms with E-state index >= 15 is 0 Å². The number of nitrogens with two attached hydrogens (primary N) is 1. The predicted octanol–water partition coefficient (Wildman–Crippen LogP) is 0.508. The van der Waals surface area contributed by atoms with Crippen LogP contribution in [0.15, 0.2) is 18.2 Å². The molecule has 0 spiro atoms. The number of anilines is 1. The van der Waals surface area contributed by atoms with Crippen LogP contribution in [0.5, 0.6) is 0 Å². The van der Waals surface area contributed by atoms with Gasteiger partial charge in [0.15, 0.2) is 0 Å². The van der Waals surface area contributed by atoms with E-state index in [1.54, 1.807) is 15.9 Å². The van der Waals surface area contributed by atoms with Crippen molar-refractivity contribution in [3.63, 3.8) is 0 Å². The van der Waals surface area contributed by atoms with Crippen LogP contribution < -0.4 is 5.73 Å². The summed E-state index contributed by atoms with van der Waals surface area (Å²) in [5.74, 6) is -0.116. The molecule has 6 nitrogen and oxygen atoms in total. The first kappa shape index (κ1) is 15.3. The second kappa shape index (κ2) is 6.58. The Balaban J connectivity index is 2.00. The maximum absolute atomic E-state index is 12.5. The number of piperazine rings is 1. The second-order valence-electron chi connectivity index (χ2n) is 5.14. The Morgan fingerprint density at radius 2 is 1.81 bits per heavy atom. The summed E-state index contributed by atoms with van der Waals surface area (Å²) < 4.78 is 4.84. The van der Waals surface area contributed by atoms with Gasteiger partial charge in [-0.25, -0.2) is 0 Å². The van der Waals surface area contributed by atoms with Crippen molar-refractivity contribution >= 4 is 17.5 Å². The molecule has 2 rings (SSSR count). The molecule has 0 aliphatic carbocycles. The van der Waals surface area contributed by atoms with Crippen LogP contribution in [-0.2, 0) is 9.53 Å². The van der Waals surface area contributed by atoms with Gasteiger partial charge in [-0.2, -0.15) is 0 Å². The van der Waals surface area contributed by atoms with Crippen LogP contribution in [0, 0.1) is 6.92 Å². The Morgan fingerprint density at radius 1 is 1.19 bits per heavy atom. The van der Waals surface area contributed by atoms with Crippen molar-refractivity contribution < 1.29 is 14.3 Å². The van der Waals surface area contributed by atoms with Gasteiger partial charge in [-0.05, 0) is 18.6 Å². The summed E-state index contributed by atoms with van der Waals surface area (Å²) in [6, 6.07) is 5.46. The van der Waals surface area contributed by atoms with Crippen LogP contribution in [0.4, 0.5) is 5.69 Å². The lowest BCUT2D eigenvalue weighted by Gasteiger charge is -2.35. The van der Waals surface area contributed by atoms with E-state index in [4.69, 9.17) is 10.5 Å². The molecule has 1 aromatic carbocycles. The molecule has 2 amide bonds. The third-order valence-electron chi connectivity index (χ3n) is 3.74. The maximum Gasteiger partial charge on any atom is 0.256 e. The molecule has 1 saturated heterocycles. The molecule has 0 saturated carbocycles. The van der Waals surface area contributed by atoms with E-state index in [9.17, 15) is 9.59 Å². The van der Waals surface area contributed by atoms with Gasteiger partial charge in [0, 0.05) is 39.0 Å². The second-order valence-corrected chi connectivity index (χ2v) is 5.14. The summed E-state index contributed by atoms with van der Waals surface area (Å²) in [5.41, 5.74) is 7.94. The van der Waals surface area contributed by atoms with Crippen molar-refractivity contribution in [1.29, 1.82) is 0 Å². The van der Waals surface area contributed by atoms with E-state index in [0.29, 0.717) is 37.4 Å². The van der Waals surface area contributed by atoms with Gasteiger partial charge in [0.2, 0.25) is 5.91 Å². The van der Waals surface area contributed by atoms with Crippen LogP contribution in [0.1, 0.15) is 15.9 Å². The number of hydrogen-bond acceptors (Lipinski definition) is 4. The van der Waals surface area contributed by atoms with Crippen molar-refractivity contribution in [2.45, 2.75) is 6.92 Å². The normalized spacial score (nSPS) is 15.1. The van der Waals surface area contributed by atoms with Crippen LogP contribution in [0.2, 0.25) is 0 Å². The van der Waals surface area contributed by atoms with Gasteiger partial charge in [0.05, 0.1) is 5.56 Å². The smallest absolute Gasteiger partial charge is 0.256 e. The molecule has 0 bridgehead atoms. The van der Waals surface area contributed by atoms with Crippen molar-refractivity contribution in [2.75, 3.05) is 45.6 Å². The van der Waals surface area contributed by atoms with Gasteiger partial charge in [0.25, 0.3) is 5.91 Å². The molecular weight excluding hydrogens is 270 g/mol. The number of amides is 2. The summed E-state index contributed by atoms with van der Waals surface area (Å²) in [6.45, 7) is 4.05. The lowest BCUT2D eigenvalue weighted by molar-refractivity contribution is -0.136. The molecule has 1 aliphatic rings. The Labute approximate surface area is 124 Å². The summed E-state index contributed by atoms with van der Waals surface area (Å²) in [5, 5.41) is 0. The van der Waals surface area contributed by atoms with Gasteiger partial charge in [-0.1, -0.05) is 12.1 Å². The summed E-state index contributed by atoms with van der Waals surface area (Å²) in [6.07, 6.45) is 0. The molecule has 1 aliphatic heterocycles. The summed E-state index contributed by atoms with van der Waals surface area (Å²) >= 11 is 0. The highest BCUT2D eigenvalue weighted by atomic mass is 16.5. The van der Waals surface area contributed by atoms with Crippen molar-refractivity contribution in [2.24, 2.45) is 0 Å². The minimum Gasteiger partial charge on any atom is -0.398 e. The fourth-order valence-corrected chi connectivity index (χ4v) is 2.41. The Hall–Kier alpha value is -2.08. The topological polar surface area (TPSA) is 75.9 Å². The number of hydrogen-bond donors (Lipinski definition) is 1. The minimum absolute atomic E-state index is 0.0420. The molecule has 21 heavy (non-hydrogen) atoms. The number of benzene rings is 1. The van der Waals surface area contributed by atoms with E-state index in [2.05, 4.69) is 0 Å². The van der Waals surface area contributed by atoms with Crippen LogP contribution in [0.3, 0.4) is 0 Å². The van der Waals surface area contributed by atoms with E-state index in [1.165, 1.54) is 7.11 Å². The number of carbonyl (C=O) groups excluding carboxylic acids is 2. The van der Waals surface area contributed by atoms with Gasteiger partial charge >= 0.3 is 0 Å². The minimum atomic E-state index is -0.0740. The van der Waals surface area contributed by atoms with Gasteiger partial charge in [0.1, 0.15) is 6.61 Å². The van der Waals surface area contributed by atoms with E-state index in [0.717, 1.165) is 5.56 Å². The van der Waals surface area contributed by atoms with Crippen LogP contribution >= 0.6 is 0 Å². The maximum atomic E-state index is 12.5. The Morgan fingerprint density at radius 3 is 2.43 bits per heavy atom. The standard InChI is InChI=1S/C15H21N3O3/c1-11-4-3-5-12(14(11)16)15(20)18-8-6-17(7-9-18)13(19)10-21-2/h3-5H,6-10,16H2,1-2H3. The molecule has 1 heterocycles. The van der Waals surface area contributed by atoms with E-state index in [-0.39, 0.29) is 18.4 Å². The van der Waals surface area contributed by atoms with E-state index in [1.807, 2.05) is 19.1 Å². The zero-order valence-electron chi connectivity index (χ0n) is 12.5. The lowest BCUT2D eigenvalue weighted by Crippen LogP contribution is -2.51. The van der Waals surface area contributed by atoms with Crippen molar-refractivity contribution in [1.82, 2.24) is 9.80 Å². The fourth-order valence-electron chi connectivity index (χ4n) is 2.41. The fraction of sp³-hybridized carbons (Fsp3) is 0.467. The van der Waals surface area contributed by atoms with Crippen LogP contribution in [0.25, 0.3) is 0 Å². The van der Waals surface area contributed by atoms with Gasteiger partial charge in [-0.3, -0.25) is 9.59 Å². The molecule has 0 radical (unpaired) electrons. The van der Waals surface area contributed by atoms with Crippen molar-refractivity contribution in [3.8, 4) is 0 Å². The Bertz CT molecular complexity index is 537. The molecular formula is C15H21N3O3. The number of para-hydroxylation sites is 1. The average Bonchev–Trinajstić information content (AvgIpc) is 2.50. The number of nitrogen functional groups attached to an aromatic ring is 1. The molecule has 0 aromatic heterocycles. The third-order valence-corrected chi connectivity index (χ3v) is 3.74. The zero-order chi connectivity index (χ0) is 15.4. The highest BCUT2D eigenvalue weighted by molar-refractivity contribution is 5.99. The van der Waals surface area contributed by atoms with Gasteiger partial charge < -0.3 is 20.3 Å². The number of nitrogens with zero attached hydrogens (tertiary/aromatic N) is 2. The monoisotopic (exact) mass is 291 g/mol. The molecule has 2 N–H and O–H groups in total. The van der Waals surface area contributed by atoms with Crippen LogP contribution in [-0.4, -0.2) is 61.5 Å². The number of aryl methyl sites for hydroxylation is 1. The SMILES string of the molecule is COCC(=O)N1CCN(C(=O)c2cccc(C)c2N)CC1. The first-order chi connectivity index (χ1) is 10.0. The molecule has 1 fully saturated rings. The largest absolute Gasteiger partial charge is 0.398 e. The number of methoxy groups -OCH3 is 1. The highest BCUT2D eigenvalue weighted by Gasteiger charge is 2.25. The zero-order valence-corrected chi connectivity index (χ0v) is 12.5. The first-order valence-corrected chi connectivity index (χ1v) is 6.95. The number of carbonyl (C=O) groups is 2. The average molecular weight is 291 g/mol. The molecule has 0 atom stereocenters. The molecule has 0 unspecified atom stereocenters. The third kappa shape index (κ3) is 3.33. The predicted molar refractivity (Wildman–Crippen MR) is 80.0 cm³/mol. The molecule has 6 heteroatoms. The van der Waals surface area contributed by atoms with Gasteiger partial charge in [-0.15, -0.1) is 0 Å². The van der Waals surface area contributed by atoms with Crippen molar-refractivity contribution in [3.05, 3.63) is 29.3 Å². The quantitative estimate of drug-likeness (QED) is 0.823. The highest BCUT2D eigenvalue weighted by Crippen LogP contribution is 2.19. The summed E-state index contributed by atoms with van der Waals surface area (Å²) in [7, 11) is 1.50. The molecule has 1 aromatic rings. The number of ether oxygens (including phenoxy) is 1. The molecule has 114 valence electrons. The number of rotatable bonds is 3.